The Hall–Kier alpha value is -0.770. The number of hydrogen-bond donors (Lipinski definition) is 1. The van der Waals surface area contributed by atoms with Gasteiger partial charge in [-0.05, 0) is 30.7 Å². The molecule has 1 N–H and O–H groups in total. The molecule has 1 aromatic rings. The highest BCUT2D eigenvalue weighted by Gasteiger charge is 2.16. The molecule has 3 nitrogen and oxygen atoms in total. The molecule has 86 valence electrons. The van der Waals surface area contributed by atoms with Crippen LogP contribution in [0.4, 0.5) is 0 Å². The van der Waals surface area contributed by atoms with E-state index in [-0.39, 0.29) is 21.5 Å². The van der Waals surface area contributed by atoms with Crippen LogP contribution in [0.25, 0.3) is 0 Å². The van der Waals surface area contributed by atoms with Crippen LogP contribution in [0.2, 0.25) is 10.0 Å². The molecule has 0 atom stereocenters. The number of amides is 1. The first-order valence-electron chi connectivity index (χ1n) is 4.44. The van der Waals surface area contributed by atoms with Crippen LogP contribution in [0.3, 0.4) is 0 Å². The standard InChI is InChI=1S/C10H8Cl3NO2/c1-2-14-10(16)5-3-6(11)8(9(13)15)7(12)4-5/h3-4H,2H2,1H3,(H,14,16). The quantitative estimate of drug-likeness (QED) is 0.865. The third-order valence-corrected chi connectivity index (χ3v) is 2.62. The van der Waals surface area contributed by atoms with Gasteiger partial charge in [0.2, 0.25) is 0 Å². The van der Waals surface area contributed by atoms with E-state index in [4.69, 9.17) is 34.8 Å². The van der Waals surface area contributed by atoms with Gasteiger partial charge in [-0.3, -0.25) is 9.59 Å². The molecule has 0 aliphatic heterocycles. The van der Waals surface area contributed by atoms with E-state index in [2.05, 4.69) is 5.32 Å². The first kappa shape index (κ1) is 13.3. The highest BCUT2D eigenvalue weighted by Crippen LogP contribution is 2.28. The van der Waals surface area contributed by atoms with Crippen molar-refractivity contribution < 1.29 is 9.59 Å². The average molecular weight is 281 g/mol. The molecule has 16 heavy (non-hydrogen) atoms. The second-order valence-electron chi connectivity index (χ2n) is 2.95. The zero-order valence-corrected chi connectivity index (χ0v) is 10.6. The van der Waals surface area contributed by atoms with E-state index in [1.165, 1.54) is 12.1 Å². The Morgan fingerprint density at radius 2 is 1.75 bits per heavy atom. The van der Waals surface area contributed by atoms with Gasteiger partial charge in [-0.15, -0.1) is 0 Å². The molecule has 6 heteroatoms. The summed E-state index contributed by atoms with van der Waals surface area (Å²) in [5.74, 6) is -0.306. The summed E-state index contributed by atoms with van der Waals surface area (Å²) in [6, 6.07) is 2.71. The minimum Gasteiger partial charge on any atom is -0.352 e. The van der Waals surface area contributed by atoms with Gasteiger partial charge in [0.1, 0.15) is 0 Å². The molecule has 0 radical (unpaired) electrons. The van der Waals surface area contributed by atoms with Crippen molar-refractivity contribution in [3.63, 3.8) is 0 Å². The van der Waals surface area contributed by atoms with Gasteiger partial charge >= 0.3 is 0 Å². The Balaban J connectivity index is 3.19. The van der Waals surface area contributed by atoms with Gasteiger partial charge in [0.05, 0.1) is 15.6 Å². The molecule has 1 rings (SSSR count). The predicted octanol–water partition coefficient (Wildman–Crippen LogP) is 3.12. The fraction of sp³-hybridized carbons (Fsp3) is 0.200. The van der Waals surface area contributed by atoms with Gasteiger partial charge < -0.3 is 5.32 Å². The Bertz CT molecular complexity index is 423. The van der Waals surface area contributed by atoms with Crippen LogP contribution in [0.1, 0.15) is 27.6 Å². The lowest BCUT2D eigenvalue weighted by Gasteiger charge is -2.06. The fourth-order valence-corrected chi connectivity index (χ4v) is 2.11. The predicted molar refractivity (Wildman–Crippen MR) is 64.7 cm³/mol. The first-order chi connectivity index (χ1) is 7.47. The minimum absolute atomic E-state index is 0.0121. The summed E-state index contributed by atoms with van der Waals surface area (Å²) in [6.07, 6.45) is 0. The van der Waals surface area contributed by atoms with Crippen molar-refractivity contribution in [1.82, 2.24) is 5.32 Å². The summed E-state index contributed by atoms with van der Waals surface area (Å²) in [7, 11) is 0. The summed E-state index contributed by atoms with van der Waals surface area (Å²) < 4.78 is 0. The van der Waals surface area contributed by atoms with Crippen molar-refractivity contribution in [2.75, 3.05) is 6.54 Å². The number of rotatable bonds is 3. The van der Waals surface area contributed by atoms with Gasteiger partial charge in [0.25, 0.3) is 11.1 Å². The second kappa shape index (κ2) is 5.53. The van der Waals surface area contributed by atoms with Crippen molar-refractivity contribution in [2.45, 2.75) is 6.92 Å². The Labute approximate surface area is 108 Å². The van der Waals surface area contributed by atoms with Crippen LogP contribution in [-0.2, 0) is 0 Å². The molecule has 0 aliphatic rings. The maximum absolute atomic E-state index is 11.5. The van der Waals surface area contributed by atoms with E-state index < -0.39 is 5.24 Å². The van der Waals surface area contributed by atoms with Crippen LogP contribution >= 0.6 is 34.8 Å². The van der Waals surface area contributed by atoms with Gasteiger partial charge in [0.15, 0.2) is 0 Å². The molecule has 0 bridgehead atoms. The Kier molecular flexibility index (Phi) is 4.59. The largest absolute Gasteiger partial charge is 0.352 e. The molecular formula is C10H8Cl3NO2. The highest BCUT2D eigenvalue weighted by molar-refractivity contribution is 6.70. The molecule has 0 spiro atoms. The summed E-state index contributed by atoms with van der Waals surface area (Å²) >= 11 is 16.9. The molecule has 0 aliphatic carbocycles. The number of halogens is 3. The Morgan fingerprint density at radius 1 is 1.25 bits per heavy atom. The monoisotopic (exact) mass is 279 g/mol. The fourth-order valence-electron chi connectivity index (χ4n) is 1.15. The normalized spacial score (nSPS) is 10.0. The van der Waals surface area contributed by atoms with Crippen LogP contribution < -0.4 is 5.32 Å². The van der Waals surface area contributed by atoms with Gasteiger partial charge in [-0.1, -0.05) is 23.2 Å². The SMILES string of the molecule is CCNC(=O)c1cc(Cl)c(C(=O)Cl)c(Cl)c1. The minimum atomic E-state index is -0.752. The zero-order chi connectivity index (χ0) is 12.3. The maximum Gasteiger partial charge on any atom is 0.255 e. The van der Waals surface area contributed by atoms with Crippen molar-refractivity contribution >= 4 is 46.0 Å². The molecular weight excluding hydrogens is 272 g/mol. The summed E-state index contributed by atoms with van der Waals surface area (Å²) in [5.41, 5.74) is 0.302. The van der Waals surface area contributed by atoms with Crippen LogP contribution in [0.15, 0.2) is 12.1 Å². The summed E-state index contributed by atoms with van der Waals surface area (Å²) in [5, 5.41) is 1.97. The van der Waals surface area contributed by atoms with E-state index >= 15 is 0 Å². The van der Waals surface area contributed by atoms with Crippen LogP contribution in [0, 0.1) is 0 Å². The molecule has 1 amide bonds. The first-order valence-corrected chi connectivity index (χ1v) is 5.57. The molecule has 0 fully saturated rings. The van der Waals surface area contributed by atoms with E-state index in [9.17, 15) is 9.59 Å². The van der Waals surface area contributed by atoms with Crippen LogP contribution in [-0.4, -0.2) is 17.7 Å². The lowest BCUT2D eigenvalue weighted by atomic mass is 10.1. The molecule has 0 saturated heterocycles. The van der Waals surface area contributed by atoms with Crippen LogP contribution in [0.5, 0.6) is 0 Å². The third-order valence-electron chi connectivity index (χ3n) is 1.84. The number of benzene rings is 1. The molecule has 0 aromatic heterocycles. The second-order valence-corrected chi connectivity index (χ2v) is 4.11. The zero-order valence-electron chi connectivity index (χ0n) is 8.31. The van der Waals surface area contributed by atoms with Gasteiger partial charge in [-0.25, -0.2) is 0 Å². The smallest absolute Gasteiger partial charge is 0.255 e. The molecule has 0 heterocycles. The van der Waals surface area contributed by atoms with E-state index in [1.807, 2.05) is 0 Å². The highest BCUT2D eigenvalue weighted by atomic mass is 35.5. The molecule has 1 aromatic carbocycles. The Morgan fingerprint density at radius 3 is 2.12 bits per heavy atom. The summed E-state index contributed by atoms with van der Waals surface area (Å²) in [4.78, 5) is 22.5. The van der Waals surface area contributed by atoms with E-state index in [0.29, 0.717) is 12.1 Å². The lowest BCUT2D eigenvalue weighted by Crippen LogP contribution is -2.22. The number of carbonyl (C=O) groups excluding carboxylic acids is 2. The third kappa shape index (κ3) is 2.88. The van der Waals surface area contributed by atoms with Gasteiger partial charge in [-0.2, -0.15) is 0 Å². The number of nitrogens with one attached hydrogen (secondary N) is 1. The van der Waals surface area contributed by atoms with E-state index in [1.54, 1.807) is 6.92 Å². The molecule has 0 saturated carbocycles. The van der Waals surface area contributed by atoms with Crippen molar-refractivity contribution in [1.29, 1.82) is 0 Å². The topological polar surface area (TPSA) is 46.2 Å². The number of carbonyl (C=O) groups is 2. The van der Waals surface area contributed by atoms with Crippen molar-refractivity contribution in [3.05, 3.63) is 33.3 Å². The van der Waals surface area contributed by atoms with Gasteiger partial charge in [0, 0.05) is 12.1 Å². The lowest BCUT2D eigenvalue weighted by molar-refractivity contribution is 0.0955. The average Bonchev–Trinajstić information content (AvgIpc) is 2.16. The van der Waals surface area contributed by atoms with E-state index in [0.717, 1.165) is 0 Å². The maximum atomic E-state index is 11.5. The summed E-state index contributed by atoms with van der Waals surface area (Å²) in [6.45, 7) is 2.28. The number of hydrogen-bond acceptors (Lipinski definition) is 2. The van der Waals surface area contributed by atoms with Crippen molar-refractivity contribution in [2.24, 2.45) is 0 Å². The van der Waals surface area contributed by atoms with Crippen molar-refractivity contribution in [3.8, 4) is 0 Å². The molecule has 0 unspecified atom stereocenters.